The van der Waals surface area contributed by atoms with Crippen LogP contribution in [-0.4, -0.2) is 28.2 Å². The number of rotatable bonds is 6. The van der Waals surface area contributed by atoms with Crippen LogP contribution in [0, 0.1) is 0 Å². The van der Waals surface area contributed by atoms with Gasteiger partial charge in [-0.05, 0) is 36.6 Å². The van der Waals surface area contributed by atoms with E-state index >= 15 is 0 Å². The normalized spacial score (nSPS) is 12.3. The predicted octanol–water partition coefficient (Wildman–Crippen LogP) is 2.03. The maximum absolute atomic E-state index is 5.58. The predicted molar refractivity (Wildman–Crippen MR) is 70.8 cm³/mol. The Kier molecular flexibility index (Phi) is 4.60. The zero-order chi connectivity index (χ0) is 12.8. The van der Waals surface area contributed by atoms with Gasteiger partial charge in [0.1, 0.15) is 5.75 Å². The van der Waals surface area contributed by atoms with Crippen LogP contribution in [0.2, 0.25) is 0 Å². The Morgan fingerprint density at radius 3 is 3.00 bits per heavy atom. The average molecular weight is 264 g/mol. The van der Waals surface area contributed by atoms with Crippen molar-refractivity contribution in [1.82, 2.24) is 19.9 Å². The number of pyridine rings is 1. The van der Waals surface area contributed by atoms with Crippen LogP contribution in [0.3, 0.4) is 0 Å². The summed E-state index contributed by atoms with van der Waals surface area (Å²) in [5.74, 6) is 0.790. The Morgan fingerprint density at radius 2 is 2.33 bits per heavy atom. The number of aromatic nitrogens is 3. The number of nitrogens with zero attached hydrogens (tertiary/aromatic N) is 3. The van der Waals surface area contributed by atoms with E-state index < -0.39 is 0 Å². The van der Waals surface area contributed by atoms with E-state index in [9.17, 15) is 0 Å². The molecule has 2 aromatic rings. The molecule has 0 radical (unpaired) electrons. The van der Waals surface area contributed by atoms with Gasteiger partial charge >= 0.3 is 0 Å². The summed E-state index contributed by atoms with van der Waals surface area (Å²) in [4.78, 5) is 4.21. The molecule has 0 bridgehead atoms. The van der Waals surface area contributed by atoms with E-state index in [0.717, 1.165) is 23.4 Å². The summed E-state index contributed by atoms with van der Waals surface area (Å²) in [7, 11) is 1.89. The van der Waals surface area contributed by atoms with Gasteiger partial charge in [0.25, 0.3) is 0 Å². The minimum absolute atomic E-state index is 0.00132. The molecular weight excluding hydrogens is 248 g/mol. The summed E-state index contributed by atoms with van der Waals surface area (Å²) in [5, 5.41) is 9.24. The van der Waals surface area contributed by atoms with Gasteiger partial charge in [-0.1, -0.05) is 11.4 Å². The fourth-order valence-electron chi connectivity index (χ4n) is 1.68. The highest BCUT2D eigenvalue weighted by atomic mass is 32.1. The van der Waals surface area contributed by atoms with E-state index in [-0.39, 0.29) is 6.04 Å². The lowest BCUT2D eigenvalue weighted by atomic mass is 10.1. The first-order chi connectivity index (χ1) is 8.85. The highest BCUT2D eigenvalue weighted by Crippen LogP contribution is 2.23. The smallest absolute Gasteiger partial charge is 0.137 e. The van der Waals surface area contributed by atoms with Crippen molar-refractivity contribution in [2.45, 2.75) is 19.4 Å². The highest BCUT2D eigenvalue weighted by molar-refractivity contribution is 7.03. The van der Waals surface area contributed by atoms with Crippen LogP contribution in [0.4, 0.5) is 0 Å². The van der Waals surface area contributed by atoms with Crippen molar-refractivity contribution in [3.8, 4) is 5.75 Å². The molecule has 2 aromatic heterocycles. The molecule has 5 nitrogen and oxygen atoms in total. The van der Waals surface area contributed by atoms with Gasteiger partial charge in [0.2, 0.25) is 0 Å². The topological polar surface area (TPSA) is 59.9 Å². The third-order valence-corrected chi connectivity index (χ3v) is 3.02. The van der Waals surface area contributed by atoms with Crippen LogP contribution in [0.5, 0.6) is 5.75 Å². The maximum Gasteiger partial charge on any atom is 0.137 e. The molecule has 0 aliphatic rings. The molecule has 6 heteroatoms. The Balaban J connectivity index is 2.20. The first kappa shape index (κ1) is 12.9. The molecule has 1 N–H and O–H groups in total. The van der Waals surface area contributed by atoms with Crippen molar-refractivity contribution >= 4 is 11.5 Å². The summed E-state index contributed by atoms with van der Waals surface area (Å²) in [5.41, 5.74) is 1.93. The van der Waals surface area contributed by atoms with Crippen molar-refractivity contribution in [1.29, 1.82) is 0 Å². The SMILES string of the molecule is CCCOc1cncc(C(NC)c2csnn2)c1. The van der Waals surface area contributed by atoms with Crippen molar-refractivity contribution in [3.63, 3.8) is 0 Å². The first-order valence-electron chi connectivity index (χ1n) is 5.87. The lowest BCUT2D eigenvalue weighted by Gasteiger charge is -2.14. The molecule has 1 atom stereocenters. The summed E-state index contributed by atoms with van der Waals surface area (Å²) in [6.07, 6.45) is 4.53. The highest BCUT2D eigenvalue weighted by Gasteiger charge is 2.15. The van der Waals surface area contributed by atoms with E-state index in [0.29, 0.717) is 6.61 Å². The second-order valence-electron chi connectivity index (χ2n) is 3.85. The van der Waals surface area contributed by atoms with Gasteiger partial charge in [-0.2, -0.15) is 0 Å². The van der Waals surface area contributed by atoms with Crippen LogP contribution in [-0.2, 0) is 0 Å². The molecular formula is C12H16N4OS. The quantitative estimate of drug-likeness (QED) is 0.865. The molecule has 96 valence electrons. The van der Waals surface area contributed by atoms with Crippen molar-refractivity contribution < 1.29 is 4.74 Å². The van der Waals surface area contributed by atoms with Gasteiger partial charge in [0.15, 0.2) is 0 Å². The first-order valence-corrected chi connectivity index (χ1v) is 6.70. The molecule has 0 saturated heterocycles. The number of hydrogen-bond donors (Lipinski definition) is 1. The Bertz CT molecular complexity index is 475. The van der Waals surface area contributed by atoms with Crippen LogP contribution in [0.25, 0.3) is 0 Å². The van der Waals surface area contributed by atoms with E-state index in [2.05, 4.69) is 26.8 Å². The van der Waals surface area contributed by atoms with E-state index in [1.807, 2.05) is 24.7 Å². The fourth-order valence-corrected chi connectivity index (χ4v) is 2.16. The summed E-state index contributed by atoms with van der Waals surface area (Å²) in [6.45, 7) is 2.78. The molecule has 2 heterocycles. The third-order valence-electron chi connectivity index (χ3n) is 2.50. The monoisotopic (exact) mass is 264 g/mol. The lowest BCUT2D eigenvalue weighted by molar-refractivity contribution is 0.315. The third kappa shape index (κ3) is 3.02. The summed E-state index contributed by atoms with van der Waals surface area (Å²) < 4.78 is 9.47. The van der Waals surface area contributed by atoms with Gasteiger partial charge in [-0.3, -0.25) is 4.98 Å². The van der Waals surface area contributed by atoms with E-state index in [1.165, 1.54) is 11.5 Å². The molecule has 0 fully saturated rings. The van der Waals surface area contributed by atoms with Crippen molar-refractivity contribution in [2.24, 2.45) is 0 Å². The number of hydrogen-bond acceptors (Lipinski definition) is 6. The minimum Gasteiger partial charge on any atom is -0.492 e. The Hall–Kier alpha value is -1.53. The van der Waals surface area contributed by atoms with Gasteiger partial charge < -0.3 is 10.1 Å². The maximum atomic E-state index is 5.58. The molecule has 1 unspecified atom stereocenters. The minimum atomic E-state index is 0.00132. The van der Waals surface area contributed by atoms with Crippen molar-refractivity contribution in [2.75, 3.05) is 13.7 Å². The Morgan fingerprint density at radius 1 is 1.44 bits per heavy atom. The van der Waals surface area contributed by atoms with E-state index in [4.69, 9.17) is 4.74 Å². The van der Waals surface area contributed by atoms with Crippen LogP contribution in [0.15, 0.2) is 23.8 Å². The van der Waals surface area contributed by atoms with Crippen LogP contribution in [0.1, 0.15) is 30.6 Å². The molecule has 0 spiro atoms. The zero-order valence-electron chi connectivity index (χ0n) is 10.5. The molecule has 18 heavy (non-hydrogen) atoms. The Labute approximate surface area is 110 Å². The average Bonchev–Trinajstić information content (AvgIpc) is 2.92. The van der Waals surface area contributed by atoms with Gasteiger partial charge in [-0.15, -0.1) is 5.10 Å². The van der Waals surface area contributed by atoms with Gasteiger partial charge in [0.05, 0.1) is 24.5 Å². The zero-order valence-corrected chi connectivity index (χ0v) is 11.3. The summed E-state index contributed by atoms with van der Waals surface area (Å²) in [6, 6.07) is 1.99. The number of nitrogens with one attached hydrogen (secondary N) is 1. The molecule has 0 aromatic carbocycles. The molecule has 0 saturated carbocycles. The largest absolute Gasteiger partial charge is 0.492 e. The van der Waals surface area contributed by atoms with Crippen molar-refractivity contribution in [3.05, 3.63) is 35.1 Å². The standard InChI is InChI=1S/C12H16N4OS/c1-3-4-17-10-5-9(6-14-7-10)12(13-2)11-8-18-16-15-11/h5-8,12-13H,3-4H2,1-2H3. The second-order valence-corrected chi connectivity index (χ2v) is 4.46. The fraction of sp³-hybridized carbons (Fsp3) is 0.417. The summed E-state index contributed by atoms with van der Waals surface area (Å²) >= 11 is 1.34. The molecule has 0 aliphatic heterocycles. The molecule has 0 amide bonds. The van der Waals surface area contributed by atoms with Gasteiger partial charge in [-0.25, -0.2) is 0 Å². The van der Waals surface area contributed by atoms with Gasteiger partial charge in [0, 0.05) is 11.6 Å². The van der Waals surface area contributed by atoms with Crippen LogP contribution < -0.4 is 10.1 Å². The molecule has 2 rings (SSSR count). The second kappa shape index (κ2) is 6.42. The molecule has 0 aliphatic carbocycles. The lowest BCUT2D eigenvalue weighted by Crippen LogP contribution is -2.18. The number of ether oxygens (including phenoxy) is 1. The van der Waals surface area contributed by atoms with Crippen LogP contribution >= 0.6 is 11.5 Å². The van der Waals surface area contributed by atoms with E-state index in [1.54, 1.807) is 6.20 Å².